The minimum Gasteiger partial charge on any atom is -0.381 e. The SMILES string of the molecule is COC(C)(OC)c1ccccc1C1(O)CC(C)C=C1C. The van der Waals surface area contributed by atoms with Crippen LogP contribution < -0.4 is 0 Å². The molecule has 1 aliphatic rings. The van der Waals surface area contributed by atoms with Gasteiger partial charge in [0.05, 0.1) is 0 Å². The molecule has 2 unspecified atom stereocenters. The van der Waals surface area contributed by atoms with Gasteiger partial charge in [-0.1, -0.05) is 37.3 Å². The monoisotopic (exact) mass is 276 g/mol. The number of hydrogen-bond donors (Lipinski definition) is 1. The molecule has 3 nitrogen and oxygen atoms in total. The van der Waals surface area contributed by atoms with Gasteiger partial charge in [0.1, 0.15) is 5.60 Å². The third-order valence-corrected chi connectivity index (χ3v) is 4.45. The Kier molecular flexibility index (Phi) is 4.05. The van der Waals surface area contributed by atoms with Crippen molar-refractivity contribution in [2.75, 3.05) is 14.2 Å². The Hall–Kier alpha value is -1.16. The van der Waals surface area contributed by atoms with E-state index in [0.29, 0.717) is 12.3 Å². The quantitative estimate of drug-likeness (QED) is 0.677. The number of hydrogen-bond acceptors (Lipinski definition) is 3. The van der Waals surface area contributed by atoms with Crippen LogP contribution in [0.2, 0.25) is 0 Å². The zero-order chi connectivity index (χ0) is 15.0. The lowest BCUT2D eigenvalue weighted by molar-refractivity contribution is -0.203. The lowest BCUT2D eigenvalue weighted by Crippen LogP contribution is -2.34. The highest BCUT2D eigenvalue weighted by Gasteiger charge is 2.42. The Bertz CT molecular complexity index is 517. The third-order valence-electron chi connectivity index (χ3n) is 4.45. The van der Waals surface area contributed by atoms with Crippen LogP contribution in [0.4, 0.5) is 0 Å². The van der Waals surface area contributed by atoms with E-state index in [-0.39, 0.29) is 0 Å². The van der Waals surface area contributed by atoms with Gasteiger partial charge in [0.2, 0.25) is 0 Å². The highest BCUT2D eigenvalue weighted by Crippen LogP contribution is 2.45. The molecule has 0 saturated carbocycles. The standard InChI is InChI=1S/C17H24O3/c1-12-10-13(2)17(18,11-12)15-9-7-6-8-14(15)16(3,19-4)20-5/h6-10,12,18H,11H2,1-5H3. The predicted molar refractivity (Wildman–Crippen MR) is 79.2 cm³/mol. The van der Waals surface area contributed by atoms with Crippen molar-refractivity contribution in [1.29, 1.82) is 0 Å². The van der Waals surface area contributed by atoms with Crippen LogP contribution in [-0.4, -0.2) is 19.3 Å². The van der Waals surface area contributed by atoms with Crippen LogP contribution in [-0.2, 0) is 20.9 Å². The van der Waals surface area contributed by atoms with E-state index in [1.54, 1.807) is 14.2 Å². The van der Waals surface area contributed by atoms with Crippen LogP contribution in [0.15, 0.2) is 35.9 Å². The number of ether oxygens (including phenoxy) is 2. The number of rotatable bonds is 4. The minimum absolute atomic E-state index is 0.365. The van der Waals surface area contributed by atoms with Gasteiger partial charge in [-0.3, -0.25) is 0 Å². The summed E-state index contributed by atoms with van der Waals surface area (Å²) in [6, 6.07) is 7.80. The van der Waals surface area contributed by atoms with Gasteiger partial charge >= 0.3 is 0 Å². The fourth-order valence-electron chi connectivity index (χ4n) is 3.12. The molecule has 2 atom stereocenters. The van der Waals surface area contributed by atoms with E-state index in [1.807, 2.05) is 38.1 Å². The third kappa shape index (κ3) is 2.30. The van der Waals surface area contributed by atoms with Gasteiger partial charge in [-0.05, 0) is 37.3 Å². The first kappa shape index (κ1) is 15.2. The summed E-state index contributed by atoms with van der Waals surface area (Å²) in [7, 11) is 3.23. The van der Waals surface area contributed by atoms with Gasteiger partial charge < -0.3 is 14.6 Å². The van der Waals surface area contributed by atoms with E-state index in [0.717, 1.165) is 16.7 Å². The van der Waals surface area contributed by atoms with Gasteiger partial charge in [0, 0.05) is 19.8 Å². The summed E-state index contributed by atoms with van der Waals surface area (Å²) in [6.07, 6.45) is 2.83. The number of benzene rings is 1. The summed E-state index contributed by atoms with van der Waals surface area (Å²) in [5.74, 6) is -0.497. The molecule has 20 heavy (non-hydrogen) atoms. The minimum atomic E-state index is -0.936. The van der Waals surface area contributed by atoms with E-state index in [9.17, 15) is 5.11 Å². The Morgan fingerprint density at radius 3 is 2.35 bits per heavy atom. The zero-order valence-electron chi connectivity index (χ0n) is 12.9. The molecule has 1 N–H and O–H groups in total. The molecule has 0 aliphatic heterocycles. The van der Waals surface area contributed by atoms with Crippen LogP contribution >= 0.6 is 0 Å². The number of methoxy groups -OCH3 is 2. The summed E-state index contributed by atoms with van der Waals surface area (Å²) in [5, 5.41) is 11.2. The molecule has 0 radical (unpaired) electrons. The predicted octanol–water partition coefficient (Wildman–Crippen LogP) is 3.33. The maximum atomic E-state index is 11.2. The number of allylic oxidation sites excluding steroid dienone is 1. The van der Waals surface area contributed by atoms with Crippen molar-refractivity contribution in [2.45, 2.75) is 38.6 Å². The fourth-order valence-corrected chi connectivity index (χ4v) is 3.12. The average molecular weight is 276 g/mol. The molecular formula is C17H24O3. The van der Waals surface area contributed by atoms with E-state index in [1.165, 1.54) is 0 Å². The van der Waals surface area contributed by atoms with E-state index in [2.05, 4.69) is 13.0 Å². The van der Waals surface area contributed by atoms with Crippen LogP contribution in [0.5, 0.6) is 0 Å². The molecule has 110 valence electrons. The van der Waals surface area contributed by atoms with Gasteiger partial charge in [0.15, 0.2) is 5.79 Å². The van der Waals surface area contributed by atoms with Crippen molar-refractivity contribution in [3.8, 4) is 0 Å². The molecule has 0 spiro atoms. The maximum absolute atomic E-state index is 11.2. The van der Waals surface area contributed by atoms with Gasteiger partial charge in [-0.2, -0.15) is 0 Å². The van der Waals surface area contributed by atoms with Crippen LogP contribution in [0.3, 0.4) is 0 Å². The van der Waals surface area contributed by atoms with Crippen LogP contribution in [0, 0.1) is 5.92 Å². The lowest BCUT2D eigenvalue weighted by Gasteiger charge is -2.35. The summed E-state index contributed by atoms with van der Waals surface area (Å²) in [4.78, 5) is 0. The highest BCUT2D eigenvalue weighted by molar-refractivity contribution is 5.43. The Balaban J connectivity index is 2.57. The van der Waals surface area contributed by atoms with Crippen molar-refractivity contribution in [3.05, 3.63) is 47.0 Å². The van der Waals surface area contributed by atoms with E-state index >= 15 is 0 Å². The zero-order valence-corrected chi connectivity index (χ0v) is 12.9. The Morgan fingerprint density at radius 1 is 1.25 bits per heavy atom. The van der Waals surface area contributed by atoms with Crippen LogP contribution in [0.25, 0.3) is 0 Å². The Labute approximate surface area is 121 Å². The molecule has 0 bridgehead atoms. The molecular weight excluding hydrogens is 252 g/mol. The summed E-state index contributed by atoms with van der Waals surface area (Å²) in [5.41, 5.74) is 1.79. The first-order valence-corrected chi connectivity index (χ1v) is 6.99. The topological polar surface area (TPSA) is 38.7 Å². The molecule has 0 fully saturated rings. The molecule has 1 aromatic carbocycles. The number of aliphatic hydroxyl groups is 1. The lowest BCUT2D eigenvalue weighted by atomic mass is 9.82. The van der Waals surface area contributed by atoms with Crippen molar-refractivity contribution in [3.63, 3.8) is 0 Å². The second-order valence-electron chi connectivity index (χ2n) is 5.79. The molecule has 0 saturated heterocycles. The van der Waals surface area contributed by atoms with Crippen molar-refractivity contribution < 1.29 is 14.6 Å². The molecule has 0 aromatic heterocycles. The molecule has 0 amide bonds. The highest BCUT2D eigenvalue weighted by atomic mass is 16.7. The maximum Gasteiger partial charge on any atom is 0.191 e. The van der Waals surface area contributed by atoms with Gasteiger partial charge in [0.25, 0.3) is 0 Å². The molecule has 1 aliphatic carbocycles. The summed E-state index contributed by atoms with van der Waals surface area (Å²) in [6.45, 7) is 5.97. The average Bonchev–Trinajstić information content (AvgIpc) is 2.72. The molecule has 3 heteroatoms. The smallest absolute Gasteiger partial charge is 0.191 e. The normalized spacial score (nSPS) is 26.7. The second kappa shape index (κ2) is 5.32. The molecule has 1 aromatic rings. The molecule has 0 heterocycles. The summed E-state index contributed by atoms with van der Waals surface area (Å²) >= 11 is 0. The first-order chi connectivity index (χ1) is 9.37. The van der Waals surface area contributed by atoms with Crippen LogP contribution in [0.1, 0.15) is 38.3 Å². The van der Waals surface area contributed by atoms with Crippen molar-refractivity contribution in [2.24, 2.45) is 5.92 Å². The Morgan fingerprint density at radius 2 is 1.85 bits per heavy atom. The second-order valence-corrected chi connectivity index (χ2v) is 5.79. The van der Waals surface area contributed by atoms with E-state index < -0.39 is 11.4 Å². The largest absolute Gasteiger partial charge is 0.381 e. The summed E-state index contributed by atoms with van der Waals surface area (Å²) < 4.78 is 11.1. The van der Waals surface area contributed by atoms with Crippen molar-refractivity contribution in [1.82, 2.24) is 0 Å². The first-order valence-electron chi connectivity index (χ1n) is 6.99. The fraction of sp³-hybridized carbons (Fsp3) is 0.529. The van der Waals surface area contributed by atoms with E-state index in [4.69, 9.17) is 9.47 Å². The van der Waals surface area contributed by atoms with Gasteiger partial charge in [-0.25, -0.2) is 0 Å². The molecule has 2 rings (SSSR count). The van der Waals surface area contributed by atoms with Crippen molar-refractivity contribution >= 4 is 0 Å². The van der Waals surface area contributed by atoms with Gasteiger partial charge in [-0.15, -0.1) is 0 Å².